The number of aromatic hydroxyl groups is 1. The maximum atomic E-state index is 11.0. The molecular formula is C9H11AlO5. The first kappa shape index (κ1) is 13.7. The molecule has 1 aromatic carbocycles. The van der Waals surface area contributed by atoms with Crippen molar-refractivity contribution < 1.29 is 24.8 Å². The van der Waals surface area contributed by atoms with Crippen LogP contribution in [0, 0.1) is 0 Å². The van der Waals surface area contributed by atoms with Crippen molar-refractivity contribution in [3.05, 3.63) is 29.3 Å². The van der Waals surface area contributed by atoms with Crippen LogP contribution in [0.2, 0.25) is 0 Å². The summed E-state index contributed by atoms with van der Waals surface area (Å²) < 4.78 is 0. The summed E-state index contributed by atoms with van der Waals surface area (Å²) in [6.45, 7) is 1.25. The number of hydrogen-bond donors (Lipinski definition) is 2. The van der Waals surface area contributed by atoms with Crippen LogP contribution in [0.15, 0.2) is 18.2 Å². The minimum absolute atomic E-state index is 0. The number of benzene rings is 1. The van der Waals surface area contributed by atoms with Crippen molar-refractivity contribution >= 4 is 29.1 Å². The molecule has 2 N–H and O–H groups in total. The predicted octanol–water partition coefficient (Wildman–Crippen LogP) is 0.0407. The second-order valence-electron chi connectivity index (χ2n) is 2.64. The van der Waals surface area contributed by atoms with Gasteiger partial charge in [-0.1, -0.05) is 6.07 Å². The normalized spacial score (nSPS) is 8.93. The minimum Gasteiger partial charge on any atom is -0.506 e. The molecule has 0 amide bonds. The third-order valence-corrected chi connectivity index (χ3v) is 1.72. The van der Waals surface area contributed by atoms with Gasteiger partial charge in [0.2, 0.25) is 0 Å². The summed E-state index contributed by atoms with van der Waals surface area (Å²) >= 11 is 0. The van der Waals surface area contributed by atoms with Gasteiger partial charge in [-0.05, 0) is 19.1 Å². The van der Waals surface area contributed by atoms with Gasteiger partial charge < -0.3 is 5.11 Å². The molecule has 0 atom stereocenters. The first-order valence-electron chi connectivity index (χ1n) is 3.76. The second kappa shape index (κ2) is 5.51. The monoisotopic (exact) mass is 226 g/mol. The Balaban J connectivity index is 0.00000196. The Morgan fingerprint density at radius 1 is 1.27 bits per heavy atom. The molecule has 0 heterocycles. The van der Waals surface area contributed by atoms with Crippen LogP contribution in [0.4, 0.5) is 0 Å². The highest BCUT2D eigenvalue weighted by atomic mass is 27.0. The van der Waals surface area contributed by atoms with Crippen LogP contribution < -0.4 is 0 Å². The first-order chi connectivity index (χ1) is 6.57. The quantitative estimate of drug-likeness (QED) is 0.322. The van der Waals surface area contributed by atoms with Gasteiger partial charge in [-0.2, -0.15) is 5.26 Å². The number of ketones is 1. The SMILES string of the molecule is CC(=O)c1cccc(C(=O)OO)c1O.[AlH3]. The third-order valence-electron chi connectivity index (χ3n) is 1.72. The summed E-state index contributed by atoms with van der Waals surface area (Å²) in [6.07, 6.45) is 0. The van der Waals surface area contributed by atoms with Crippen molar-refractivity contribution in [2.45, 2.75) is 6.92 Å². The standard InChI is InChI=1S/C9H8O5.Al.3H/c1-5(10)6-3-2-4-7(8(6)11)9(12)14-13;;;;/h2-4,11,13H,1H3;;;;. The van der Waals surface area contributed by atoms with E-state index in [0.29, 0.717) is 0 Å². The number of Topliss-reactive ketones (excluding diaryl/α,β-unsaturated/α-hetero) is 1. The molecule has 6 heteroatoms. The highest BCUT2D eigenvalue weighted by Gasteiger charge is 2.17. The predicted molar refractivity (Wildman–Crippen MR) is 56.1 cm³/mol. The highest BCUT2D eigenvalue weighted by molar-refractivity contribution is 6.01. The number of hydrogen-bond acceptors (Lipinski definition) is 5. The topological polar surface area (TPSA) is 83.8 Å². The molecule has 80 valence electrons. The Morgan fingerprint density at radius 3 is 2.27 bits per heavy atom. The minimum atomic E-state index is -1.11. The molecule has 0 bridgehead atoms. The number of carbonyl (C=O) groups is 2. The van der Waals surface area contributed by atoms with E-state index in [9.17, 15) is 14.7 Å². The molecule has 0 saturated carbocycles. The van der Waals surface area contributed by atoms with Crippen LogP contribution in [0.3, 0.4) is 0 Å². The smallest absolute Gasteiger partial charge is 0.376 e. The van der Waals surface area contributed by atoms with Crippen molar-refractivity contribution in [1.82, 2.24) is 0 Å². The van der Waals surface area contributed by atoms with Crippen molar-refractivity contribution in [1.29, 1.82) is 0 Å². The molecule has 0 aliphatic carbocycles. The van der Waals surface area contributed by atoms with Crippen LogP contribution in [0.25, 0.3) is 0 Å². The Bertz CT molecular complexity index is 388. The summed E-state index contributed by atoms with van der Waals surface area (Å²) in [7, 11) is 0. The van der Waals surface area contributed by atoms with Gasteiger partial charge in [0.25, 0.3) is 0 Å². The zero-order valence-electron chi connectivity index (χ0n) is 7.35. The van der Waals surface area contributed by atoms with Crippen LogP contribution >= 0.6 is 0 Å². The summed E-state index contributed by atoms with van der Waals surface area (Å²) in [5, 5.41) is 17.5. The lowest BCUT2D eigenvalue weighted by molar-refractivity contribution is -0.182. The van der Waals surface area contributed by atoms with Gasteiger partial charge >= 0.3 is 5.97 Å². The van der Waals surface area contributed by atoms with Crippen molar-refractivity contribution in [3.63, 3.8) is 0 Å². The number of rotatable bonds is 2. The van der Waals surface area contributed by atoms with Crippen LogP contribution in [-0.4, -0.2) is 39.5 Å². The molecule has 0 fully saturated rings. The van der Waals surface area contributed by atoms with Gasteiger partial charge in [0.15, 0.2) is 23.1 Å². The lowest BCUT2D eigenvalue weighted by atomic mass is 10.1. The van der Waals surface area contributed by atoms with Gasteiger partial charge in [-0.3, -0.25) is 9.68 Å². The molecule has 0 aliphatic heterocycles. The Labute approximate surface area is 96.4 Å². The second-order valence-corrected chi connectivity index (χ2v) is 2.64. The van der Waals surface area contributed by atoms with Crippen LogP contribution in [0.1, 0.15) is 27.6 Å². The van der Waals surface area contributed by atoms with E-state index in [0.717, 1.165) is 0 Å². The summed E-state index contributed by atoms with van der Waals surface area (Å²) in [5.41, 5.74) is -0.242. The van der Waals surface area contributed by atoms with Gasteiger partial charge in [-0.15, -0.1) is 0 Å². The number of para-hydroxylation sites is 1. The van der Waals surface area contributed by atoms with Gasteiger partial charge in [-0.25, -0.2) is 4.79 Å². The Hall–Kier alpha value is -1.35. The van der Waals surface area contributed by atoms with Gasteiger partial charge in [0.1, 0.15) is 11.3 Å². The molecule has 0 aliphatic rings. The third kappa shape index (κ3) is 2.80. The molecular weight excluding hydrogens is 215 g/mol. The lowest BCUT2D eigenvalue weighted by Gasteiger charge is -2.04. The average molecular weight is 226 g/mol. The van der Waals surface area contributed by atoms with Gasteiger partial charge in [0.05, 0.1) is 5.56 Å². The van der Waals surface area contributed by atoms with Gasteiger partial charge in [0, 0.05) is 0 Å². The fraction of sp³-hybridized carbons (Fsp3) is 0.111. The molecule has 1 aromatic rings. The molecule has 0 spiro atoms. The Morgan fingerprint density at radius 2 is 1.80 bits per heavy atom. The number of phenolic OH excluding ortho intramolecular Hbond substituents is 1. The van der Waals surface area contributed by atoms with Crippen LogP contribution in [0.5, 0.6) is 5.75 Å². The van der Waals surface area contributed by atoms with E-state index in [4.69, 9.17) is 5.26 Å². The van der Waals surface area contributed by atoms with Crippen molar-refractivity contribution in [2.75, 3.05) is 0 Å². The zero-order valence-corrected chi connectivity index (χ0v) is 7.35. The molecule has 1 rings (SSSR count). The molecule has 0 saturated heterocycles. The largest absolute Gasteiger partial charge is 0.506 e. The lowest BCUT2D eigenvalue weighted by Crippen LogP contribution is -2.04. The number of carbonyl (C=O) groups excluding carboxylic acids is 2. The summed E-state index contributed by atoms with van der Waals surface area (Å²) in [5.74, 6) is -1.97. The zero-order chi connectivity index (χ0) is 10.7. The summed E-state index contributed by atoms with van der Waals surface area (Å²) in [6, 6.07) is 4.01. The van der Waals surface area contributed by atoms with E-state index in [1.165, 1.54) is 25.1 Å². The Kier molecular flexibility index (Phi) is 5.02. The van der Waals surface area contributed by atoms with E-state index in [2.05, 4.69) is 4.89 Å². The van der Waals surface area contributed by atoms with E-state index in [1.807, 2.05) is 0 Å². The first-order valence-corrected chi connectivity index (χ1v) is 3.76. The van der Waals surface area contributed by atoms with E-state index >= 15 is 0 Å². The summed E-state index contributed by atoms with van der Waals surface area (Å²) in [4.78, 5) is 25.3. The fourth-order valence-corrected chi connectivity index (χ4v) is 1.04. The van der Waals surface area contributed by atoms with Crippen molar-refractivity contribution in [3.8, 4) is 5.75 Å². The molecule has 5 nitrogen and oxygen atoms in total. The highest BCUT2D eigenvalue weighted by Crippen LogP contribution is 2.23. The van der Waals surface area contributed by atoms with Crippen molar-refractivity contribution in [2.24, 2.45) is 0 Å². The molecule has 0 unspecified atom stereocenters. The van der Waals surface area contributed by atoms with E-state index in [-0.39, 0.29) is 34.3 Å². The van der Waals surface area contributed by atoms with E-state index in [1.54, 1.807) is 0 Å². The molecule has 0 radical (unpaired) electrons. The molecule has 0 aromatic heterocycles. The number of phenols is 1. The maximum Gasteiger partial charge on any atom is 0.376 e. The van der Waals surface area contributed by atoms with Crippen LogP contribution in [-0.2, 0) is 4.89 Å². The maximum absolute atomic E-state index is 11.0. The average Bonchev–Trinajstić information content (AvgIpc) is 2.16. The van der Waals surface area contributed by atoms with E-state index < -0.39 is 11.7 Å². The fourth-order valence-electron chi connectivity index (χ4n) is 1.04. The molecule has 15 heavy (non-hydrogen) atoms.